The van der Waals surface area contributed by atoms with Crippen LogP contribution in [0.5, 0.6) is 11.5 Å². The molecule has 7 heteroatoms. The molecule has 2 fully saturated rings. The summed E-state index contributed by atoms with van der Waals surface area (Å²) in [5, 5.41) is 6.40. The number of fused-ring (bicyclic) bond motifs is 1. The van der Waals surface area contributed by atoms with E-state index in [1.54, 1.807) is 19.1 Å². The number of carbonyl (C=O) groups is 1. The molecule has 2 aliphatic rings. The first-order chi connectivity index (χ1) is 12.5. The average molecular weight is 368 g/mol. The number of ether oxygens (including phenoxy) is 2. The summed E-state index contributed by atoms with van der Waals surface area (Å²) in [5.41, 5.74) is 0.484. The summed E-state index contributed by atoms with van der Waals surface area (Å²) in [4.78, 5) is 12.9. The largest absolute Gasteiger partial charge is 0.490 e. The summed E-state index contributed by atoms with van der Waals surface area (Å²) in [5.74, 6) is 0.744. The molecule has 0 unspecified atom stereocenters. The number of amides is 1. The minimum Gasteiger partial charge on any atom is -0.490 e. The Hall–Kier alpha value is -1.89. The van der Waals surface area contributed by atoms with Crippen LogP contribution in [0.3, 0.4) is 0 Å². The zero-order chi connectivity index (χ0) is 18.6. The van der Waals surface area contributed by atoms with E-state index in [1.807, 2.05) is 0 Å². The van der Waals surface area contributed by atoms with Gasteiger partial charge in [0.1, 0.15) is 0 Å². The highest BCUT2D eigenvalue weighted by atomic mass is 19.3. The monoisotopic (exact) mass is 368 g/mol. The predicted molar refractivity (Wildman–Crippen MR) is 93.4 cm³/mol. The van der Waals surface area contributed by atoms with E-state index in [9.17, 15) is 13.6 Å². The third-order valence-corrected chi connectivity index (χ3v) is 5.47. The molecule has 1 aliphatic carbocycles. The number of halogens is 2. The molecule has 1 heterocycles. The zero-order valence-electron chi connectivity index (χ0n) is 15.0. The standard InChI is InChI=1S/C19H26F2N2O3/c1-2-25-16-9-13(6-7-15(16)26-18(20)21)10-23-17(24)19-8-4-3-5-14(19)11-22-12-19/h6-7,9,14,18,22H,2-5,8,10-12H2,1H3,(H,23,24)/t14-,19+/m0/s1. The molecule has 2 atom stereocenters. The molecule has 1 aromatic rings. The van der Waals surface area contributed by atoms with Crippen LogP contribution >= 0.6 is 0 Å². The molecule has 2 N–H and O–H groups in total. The van der Waals surface area contributed by atoms with Crippen molar-refractivity contribution in [1.82, 2.24) is 10.6 Å². The Bertz CT molecular complexity index is 641. The Kier molecular flexibility index (Phi) is 5.96. The predicted octanol–water partition coefficient (Wildman–Crippen LogP) is 3.08. The SMILES string of the molecule is CCOc1cc(CNC(=O)[C@@]23CCCC[C@H]2CNC3)ccc1OC(F)F. The van der Waals surface area contributed by atoms with Gasteiger partial charge in [-0.3, -0.25) is 4.79 Å². The quantitative estimate of drug-likeness (QED) is 0.777. The van der Waals surface area contributed by atoms with E-state index in [2.05, 4.69) is 15.4 Å². The summed E-state index contributed by atoms with van der Waals surface area (Å²) in [7, 11) is 0. The Labute approximate surface area is 152 Å². The van der Waals surface area contributed by atoms with Crippen LogP contribution in [0.4, 0.5) is 8.78 Å². The average Bonchev–Trinajstić information content (AvgIpc) is 3.06. The van der Waals surface area contributed by atoms with E-state index in [1.165, 1.54) is 12.5 Å². The number of benzene rings is 1. The highest BCUT2D eigenvalue weighted by Gasteiger charge is 2.49. The van der Waals surface area contributed by atoms with Crippen LogP contribution in [0.15, 0.2) is 18.2 Å². The molecular formula is C19H26F2N2O3. The van der Waals surface area contributed by atoms with Gasteiger partial charge in [0.25, 0.3) is 0 Å². The second kappa shape index (κ2) is 8.20. The number of nitrogens with one attached hydrogen (secondary N) is 2. The topological polar surface area (TPSA) is 59.6 Å². The van der Waals surface area contributed by atoms with Crippen molar-refractivity contribution >= 4 is 5.91 Å². The molecule has 0 bridgehead atoms. The lowest BCUT2D eigenvalue weighted by molar-refractivity contribution is -0.134. The van der Waals surface area contributed by atoms with E-state index in [-0.39, 0.29) is 22.8 Å². The first kappa shape index (κ1) is 18.9. The van der Waals surface area contributed by atoms with Crippen LogP contribution in [0, 0.1) is 11.3 Å². The molecular weight excluding hydrogens is 342 g/mol. The lowest BCUT2D eigenvalue weighted by Gasteiger charge is -2.37. The summed E-state index contributed by atoms with van der Waals surface area (Å²) in [6, 6.07) is 4.77. The highest BCUT2D eigenvalue weighted by Crippen LogP contribution is 2.44. The van der Waals surface area contributed by atoms with E-state index in [4.69, 9.17) is 4.74 Å². The van der Waals surface area contributed by atoms with Gasteiger partial charge in [-0.05, 0) is 49.9 Å². The molecule has 3 rings (SSSR count). The fourth-order valence-corrected chi connectivity index (χ4v) is 4.17. The molecule has 26 heavy (non-hydrogen) atoms. The first-order valence-corrected chi connectivity index (χ1v) is 9.24. The lowest BCUT2D eigenvalue weighted by Crippen LogP contribution is -2.47. The maximum absolute atomic E-state index is 12.9. The maximum Gasteiger partial charge on any atom is 0.387 e. The van der Waals surface area contributed by atoms with Crippen molar-refractivity contribution in [3.8, 4) is 11.5 Å². The van der Waals surface area contributed by atoms with Crippen LogP contribution in [0.25, 0.3) is 0 Å². The third kappa shape index (κ3) is 3.92. The Morgan fingerprint density at radius 3 is 3.00 bits per heavy atom. The van der Waals surface area contributed by atoms with Gasteiger partial charge in [0.2, 0.25) is 5.91 Å². The first-order valence-electron chi connectivity index (χ1n) is 9.24. The van der Waals surface area contributed by atoms with Crippen LogP contribution in [-0.4, -0.2) is 32.2 Å². The van der Waals surface area contributed by atoms with E-state index < -0.39 is 6.61 Å². The van der Waals surface area contributed by atoms with Crippen LogP contribution in [-0.2, 0) is 11.3 Å². The smallest absolute Gasteiger partial charge is 0.387 e. The molecule has 1 saturated heterocycles. The van der Waals surface area contributed by atoms with Gasteiger partial charge in [-0.15, -0.1) is 0 Å². The van der Waals surface area contributed by atoms with Crippen molar-refractivity contribution in [2.75, 3.05) is 19.7 Å². The van der Waals surface area contributed by atoms with Gasteiger partial charge in [0, 0.05) is 13.1 Å². The fourth-order valence-electron chi connectivity index (χ4n) is 4.17. The molecule has 144 valence electrons. The van der Waals surface area contributed by atoms with Crippen LogP contribution in [0.1, 0.15) is 38.2 Å². The van der Waals surface area contributed by atoms with Crippen molar-refractivity contribution in [1.29, 1.82) is 0 Å². The number of hydrogen-bond donors (Lipinski definition) is 2. The minimum absolute atomic E-state index is 0.00265. The Balaban J connectivity index is 1.67. The third-order valence-electron chi connectivity index (χ3n) is 5.47. The molecule has 0 aromatic heterocycles. The fraction of sp³-hybridized carbons (Fsp3) is 0.632. The molecule has 0 radical (unpaired) electrons. The molecule has 1 saturated carbocycles. The van der Waals surface area contributed by atoms with Gasteiger partial charge in [-0.1, -0.05) is 18.9 Å². The maximum atomic E-state index is 12.9. The van der Waals surface area contributed by atoms with Crippen LogP contribution < -0.4 is 20.1 Å². The number of alkyl halides is 2. The number of hydrogen-bond acceptors (Lipinski definition) is 4. The molecule has 1 aliphatic heterocycles. The highest BCUT2D eigenvalue weighted by molar-refractivity contribution is 5.83. The van der Waals surface area contributed by atoms with E-state index in [0.717, 1.165) is 37.9 Å². The van der Waals surface area contributed by atoms with Crippen molar-refractivity contribution in [2.45, 2.75) is 45.8 Å². The molecule has 1 amide bonds. The molecule has 5 nitrogen and oxygen atoms in total. The number of carbonyl (C=O) groups excluding carboxylic acids is 1. The van der Waals surface area contributed by atoms with Crippen molar-refractivity contribution < 1.29 is 23.0 Å². The second-order valence-corrected chi connectivity index (χ2v) is 7.01. The lowest BCUT2D eigenvalue weighted by atomic mass is 9.67. The van der Waals surface area contributed by atoms with Gasteiger partial charge >= 0.3 is 6.61 Å². The summed E-state index contributed by atoms with van der Waals surface area (Å²) >= 11 is 0. The van der Waals surface area contributed by atoms with Gasteiger partial charge in [-0.2, -0.15) is 8.78 Å². The van der Waals surface area contributed by atoms with Crippen LogP contribution in [0.2, 0.25) is 0 Å². The van der Waals surface area contributed by atoms with Gasteiger partial charge < -0.3 is 20.1 Å². The molecule has 1 aromatic carbocycles. The molecule has 0 spiro atoms. The summed E-state index contributed by atoms with van der Waals surface area (Å²) in [6.45, 7) is 1.18. The van der Waals surface area contributed by atoms with E-state index in [0.29, 0.717) is 19.1 Å². The zero-order valence-corrected chi connectivity index (χ0v) is 15.0. The van der Waals surface area contributed by atoms with Gasteiger partial charge in [-0.25, -0.2) is 0 Å². The summed E-state index contributed by atoms with van der Waals surface area (Å²) < 4.78 is 34.8. The van der Waals surface area contributed by atoms with E-state index >= 15 is 0 Å². The van der Waals surface area contributed by atoms with Crippen molar-refractivity contribution in [3.63, 3.8) is 0 Å². The van der Waals surface area contributed by atoms with Gasteiger partial charge in [0.05, 0.1) is 12.0 Å². The van der Waals surface area contributed by atoms with Crippen molar-refractivity contribution in [3.05, 3.63) is 23.8 Å². The Morgan fingerprint density at radius 1 is 1.38 bits per heavy atom. The minimum atomic E-state index is -2.91. The van der Waals surface area contributed by atoms with Gasteiger partial charge in [0.15, 0.2) is 11.5 Å². The summed E-state index contributed by atoms with van der Waals surface area (Å²) in [6.07, 6.45) is 4.28. The Morgan fingerprint density at radius 2 is 2.23 bits per heavy atom. The van der Waals surface area contributed by atoms with Crippen molar-refractivity contribution in [2.24, 2.45) is 11.3 Å². The normalized spacial score (nSPS) is 25.0. The number of rotatable bonds is 7. The second-order valence-electron chi connectivity index (χ2n) is 7.01.